The van der Waals surface area contributed by atoms with Crippen molar-refractivity contribution in [2.24, 2.45) is 17.6 Å². The molecule has 0 spiro atoms. The van der Waals surface area contributed by atoms with Crippen molar-refractivity contribution in [3.8, 4) is 0 Å². The summed E-state index contributed by atoms with van der Waals surface area (Å²) >= 11 is 6.40. The zero-order valence-electron chi connectivity index (χ0n) is 13.8. The molecule has 2 nitrogen and oxygen atoms in total. The summed E-state index contributed by atoms with van der Waals surface area (Å²) in [6.45, 7) is 7.66. The number of hydrogen-bond donors (Lipinski definition) is 1. The first-order valence-corrected chi connectivity index (χ1v) is 8.47. The molecule has 1 saturated carbocycles. The van der Waals surface area contributed by atoms with Gasteiger partial charge >= 0.3 is 0 Å². The minimum absolute atomic E-state index is 0.0796. The van der Waals surface area contributed by atoms with Gasteiger partial charge in [-0.05, 0) is 50.3 Å². The molecule has 1 aliphatic carbocycles. The standard InChI is InChI=1S/C18H29ClN2/c1-13-9-10-14(2)18(11-13,12-20)21(4)15(3)16-7-5-6-8-17(16)19/h5-8,13-15H,9-12,20H2,1-4H3. The van der Waals surface area contributed by atoms with Gasteiger partial charge in [-0.3, -0.25) is 4.90 Å². The lowest BCUT2D eigenvalue weighted by Crippen LogP contribution is -2.59. The lowest BCUT2D eigenvalue weighted by Gasteiger charge is -2.52. The molecule has 4 unspecified atom stereocenters. The lowest BCUT2D eigenvalue weighted by atomic mass is 9.68. The fourth-order valence-corrected chi connectivity index (χ4v) is 4.33. The van der Waals surface area contributed by atoms with Gasteiger partial charge in [0.1, 0.15) is 0 Å². The molecule has 0 heterocycles. The normalized spacial score (nSPS) is 31.4. The van der Waals surface area contributed by atoms with Gasteiger partial charge in [0, 0.05) is 23.1 Å². The van der Waals surface area contributed by atoms with E-state index in [1.54, 1.807) is 0 Å². The molecule has 1 aromatic rings. The van der Waals surface area contributed by atoms with Crippen LogP contribution < -0.4 is 5.73 Å². The van der Waals surface area contributed by atoms with Crippen LogP contribution in [0.5, 0.6) is 0 Å². The molecule has 2 rings (SSSR count). The van der Waals surface area contributed by atoms with Crippen LogP contribution in [0, 0.1) is 11.8 Å². The minimum atomic E-state index is 0.0796. The number of nitrogens with two attached hydrogens (primary N) is 1. The van der Waals surface area contributed by atoms with Crippen molar-refractivity contribution in [2.45, 2.75) is 51.6 Å². The van der Waals surface area contributed by atoms with Gasteiger partial charge in [0.25, 0.3) is 0 Å². The van der Waals surface area contributed by atoms with Gasteiger partial charge < -0.3 is 5.73 Å². The van der Waals surface area contributed by atoms with Crippen molar-refractivity contribution in [3.63, 3.8) is 0 Å². The van der Waals surface area contributed by atoms with Crippen LogP contribution in [-0.2, 0) is 0 Å². The van der Waals surface area contributed by atoms with Gasteiger partial charge in [0.05, 0.1) is 0 Å². The molecular weight excluding hydrogens is 280 g/mol. The van der Waals surface area contributed by atoms with E-state index in [1.807, 2.05) is 12.1 Å². The Balaban J connectivity index is 2.31. The molecule has 2 N–H and O–H groups in total. The number of hydrogen-bond acceptors (Lipinski definition) is 2. The van der Waals surface area contributed by atoms with Crippen LogP contribution in [-0.4, -0.2) is 24.0 Å². The van der Waals surface area contributed by atoms with Gasteiger partial charge in [-0.25, -0.2) is 0 Å². The van der Waals surface area contributed by atoms with Crippen LogP contribution in [0.3, 0.4) is 0 Å². The number of rotatable bonds is 4. The van der Waals surface area contributed by atoms with Crippen LogP contribution >= 0.6 is 11.6 Å². The van der Waals surface area contributed by atoms with Crippen molar-refractivity contribution >= 4 is 11.6 Å². The molecule has 0 amide bonds. The summed E-state index contributed by atoms with van der Waals surface area (Å²) in [7, 11) is 2.22. The Labute approximate surface area is 134 Å². The van der Waals surface area contributed by atoms with Crippen LogP contribution in [0.2, 0.25) is 5.02 Å². The van der Waals surface area contributed by atoms with Gasteiger partial charge in [-0.2, -0.15) is 0 Å². The zero-order valence-corrected chi connectivity index (χ0v) is 14.5. The number of benzene rings is 1. The third kappa shape index (κ3) is 3.13. The first kappa shape index (κ1) is 16.8. The molecule has 21 heavy (non-hydrogen) atoms. The van der Waals surface area contributed by atoms with E-state index in [-0.39, 0.29) is 11.6 Å². The molecule has 1 aliphatic rings. The summed E-state index contributed by atoms with van der Waals surface area (Å²) in [4.78, 5) is 2.48. The van der Waals surface area contributed by atoms with E-state index >= 15 is 0 Å². The first-order valence-electron chi connectivity index (χ1n) is 8.09. The summed E-state index contributed by atoms with van der Waals surface area (Å²) < 4.78 is 0. The number of likely N-dealkylation sites (N-methyl/N-ethyl adjacent to an activating group) is 1. The van der Waals surface area contributed by atoms with Crippen LogP contribution in [0.4, 0.5) is 0 Å². The predicted molar refractivity (Wildman–Crippen MR) is 91.6 cm³/mol. The highest BCUT2D eigenvalue weighted by Gasteiger charge is 2.44. The van der Waals surface area contributed by atoms with Crippen molar-refractivity contribution in [3.05, 3.63) is 34.9 Å². The number of nitrogens with zero attached hydrogens (tertiary/aromatic N) is 1. The third-order valence-electron chi connectivity index (χ3n) is 5.70. The van der Waals surface area contributed by atoms with E-state index in [0.29, 0.717) is 12.5 Å². The lowest BCUT2D eigenvalue weighted by molar-refractivity contribution is -0.00990. The summed E-state index contributed by atoms with van der Waals surface area (Å²) in [5.41, 5.74) is 7.55. The Morgan fingerprint density at radius 2 is 2.00 bits per heavy atom. The Morgan fingerprint density at radius 1 is 1.33 bits per heavy atom. The minimum Gasteiger partial charge on any atom is -0.329 e. The average molecular weight is 309 g/mol. The molecule has 0 saturated heterocycles. The summed E-state index contributed by atoms with van der Waals surface area (Å²) in [6, 6.07) is 8.43. The van der Waals surface area contributed by atoms with Gasteiger partial charge in [0.15, 0.2) is 0 Å². The smallest absolute Gasteiger partial charge is 0.0453 e. The third-order valence-corrected chi connectivity index (χ3v) is 6.05. The predicted octanol–water partition coefficient (Wildman–Crippen LogP) is 4.49. The Morgan fingerprint density at radius 3 is 2.62 bits per heavy atom. The van der Waals surface area contributed by atoms with E-state index in [1.165, 1.54) is 24.8 Å². The van der Waals surface area contributed by atoms with Gasteiger partial charge in [-0.1, -0.05) is 50.1 Å². The van der Waals surface area contributed by atoms with E-state index < -0.39 is 0 Å². The topological polar surface area (TPSA) is 29.3 Å². The van der Waals surface area contributed by atoms with Crippen molar-refractivity contribution in [2.75, 3.05) is 13.6 Å². The van der Waals surface area contributed by atoms with Crippen LogP contribution in [0.25, 0.3) is 0 Å². The molecule has 4 atom stereocenters. The first-order chi connectivity index (χ1) is 9.92. The Bertz CT molecular complexity index is 476. The zero-order chi connectivity index (χ0) is 15.6. The number of halogens is 1. The average Bonchev–Trinajstić information content (AvgIpc) is 2.49. The second-order valence-corrected chi connectivity index (χ2v) is 7.31. The molecule has 0 bridgehead atoms. The Hall–Kier alpha value is -0.570. The van der Waals surface area contributed by atoms with E-state index in [9.17, 15) is 0 Å². The highest BCUT2D eigenvalue weighted by Crippen LogP contribution is 2.43. The molecule has 0 radical (unpaired) electrons. The van der Waals surface area contributed by atoms with Crippen LogP contribution in [0.15, 0.2) is 24.3 Å². The maximum absolute atomic E-state index is 6.40. The molecular formula is C18H29ClN2. The highest BCUT2D eigenvalue weighted by atomic mass is 35.5. The summed E-state index contributed by atoms with van der Waals surface area (Å²) in [5, 5.41) is 0.848. The van der Waals surface area contributed by atoms with Crippen molar-refractivity contribution in [1.29, 1.82) is 0 Å². The molecule has 3 heteroatoms. The quantitative estimate of drug-likeness (QED) is 0.888. The van der Waals surface area contributed by atoms with Gasteiger partial charge in [-0.15, -0.1) is 0 Å². The van der Waals surface area contributed by atoms with E-state index in [4.69, 9.17) is 17.3 Å². The fraction of sp³-hybridized carbons (Fsp3) is 0.667. The molecule has 0 aromatic heterocycles. The molecule has 118 valence electrons. The monoisotopic (exact) mass is 308 g/mol. The van der Waals surface area contributed by atoms with Crippen molar-refractivity contribution < 1.29 is 0 Å². The molecule has 1 aromatic carbocycles. The summed E-state index contributed by atoms with van der Waals surface area (Å²) in [5.74, 6) is 1.36. The maximum atomic E-state index is 6.40. The Kier molecular flexibility index (Phi) is 5.34. The van der Waals surface area contributed by atoms with E-state index in [0.717, 1.165) is 10.9 Å². The van der Waals surface area contributed by atoms with E-state index in [2.05, 4.69) is 44.9 Å². The van der Waals surface area contributed by atoms with Crippen LogP contribution in [0.1, 0.15) is 51.6 Å². The fourth-order valence-electron chi connectivity index (χ4n) is 4.04. The summed E-state index contributed by atoms with van der Waals surface area (Å²) in [6.07, 6.45) is 3.76. The highest BCUT2D eigenvalue weighted by molar-refractivity contribution is 6.31. The SMILES string of the molecule is CC1CCC(C)C(CN)(N(C)C(C)c2ccccc2Cl)C1. The maximum Gasteiger partial charge on any atom is 0.0453 e. The second kappa shape index (κ2) is 6.68. The molecule has 1 fully saturated rings. The largest absolute Gasteiger partial charge is 0.329 e. The van der Waals surface area contributed by atoms with Crippen molar-refractivity contribution in [1.82, 2.24) is 4.90 Å². The second-order valence-electron chi connectivity index (χ2n) is 6.90. The van der Waals surface area contributed by atoms with Gasteiger partial charge in [0.2, 0.25) is 0 Å². The molecule has 0 aliphatic heterocycles.